The molecule has 0 saturated carbocycles. The maximum absolute atomic E-state index is 13.5. The fourth-order valence-corrected chi connectivity index (χ4v) is 1.63. The zero-order valence-corrected chi connectivity index (χ0v) is 10.5. The van der Waals surface area contributed by atoms with Crippen molar-refractivity contribution < 1.29 is 18.7 Å². The maximum atomic E-state index is 13.5. The molecule has 2 rings (SSSR count). The average molecular weight is 279 g/mol. The highest BCUT2D eigenvalue weighted by Gasteiger charge is 2.15. The summed E-state index contributed by atoms with van der Waals surface area (Å²) in [6, 6.07) is 4.50. The molecule has 0 spiro atoms. The summed E-state index contributed by atoms with van der Waals surface area (Å²) in [6.07, 6.45) is 1.43. The molecular formula is C13H11F2N3O2. The molecule has 0 saturated heterocycles. The van der Waals surface area contributed by atoms with Crippen molar-refractivity contribution in [2.45, 2.75) is 6.92 Å². The van der Waals surface area contributed by atoms with Crippen LogP contribution >= 0.6 is 0 Å². The SMILES string of the molecule is Cc1ccnc(Oc2ccc(F)cc2F)c1/C(N)=N/O. The van der Waals surface area contributed by atoms with Crippen molar-refractivity contribution in [2.75, 3.05) is 0 Å². The van der Waals surface area contributed by atoms with Crippen molar-refractivity contribution in [1.82, 2.24) is 4.98 Å². The molecule has 0 fully saturated rings. The number of benzene rings is 1. The van der Waals surface area contributed by atoms with E-state index in [1.54, 1.807) is 13.0 Å². The highest BCUT2D eigenvalue weighted by Crippen LogP contribution is 2.27. The molecule has 0 aliphatic heterocycles. The molecule has 1 heterocycles. The third-order valence-corrected chi connectivity index (χ3v) is 2.59. The Balaban J connectivity index is 2.46. The van der Waals surface area contributed by atoms with Crippen LogP contribution in [0.25, 0.3) is 0 Å². The highest BCUT2D eigenvalue weighted by atomic mass is 19.1. The molecule has 3 N–H and O–H groups in total. The van der Waals surface area contributed by atoms with E-state index in [-0.39, 0.29) is 23.0 Å². The van der Waals surface area contributed by atoms with E-state index < -0.39 is 11.6 Å². The molecule has 0 aliphatic rings. The number of oxime groups is 1. The van der Waals surface area contributed by atoms with Crippen molar-refractivity contribution in [3.8, 4) is 11.6 Å². The summed E-state index contributed by atoms with van der Waals surface area (Å²) < 4.78 is 31.7. The molecule has 0 unspecified atom stereocenters. The van der Waals surface area contributed by atoms with Gasteiger partial charge in [-0.1, -0.05) is 5.16 Å². The Hall–Kier alpha value is -2.70. The minimum absolute atomic E-state index is 0.0363. The highest BCUT2D eigenvalue weighted by molar-refractivity contribution is 6.00. The van der Waals surface area contributed by atoms with Crippen LogP contribution in [0.1, 0.15) is 11.1 Å². The molecule has 0 radical (unpaired) electrons. The third kappa shape index (κ3) is 2.66. The van der Waals surface area contributed by atoms with Crippen molar-refractivity contribution in [3.63, 3.8) is 0 Å². The summed E-state index contributed by atoms with van der Waals surface area (Å²) in [7, 11) is 0. The maximum Gasteiger partial charge on any atom is 0.230 e. The lowest BCUT2D eigenvalue weighted by molar-refractivity contribution is 0.318. The van der Waals surface area contributed by atoms with Crippen molar-refractivity contribution in [1.29, 1.82) is 0 Å². The van der Waals surface area contributed by atoms with Crippen LogP contribution in [0.4, 0.5) is 8.78 Å². The van der Waals surface area contributed by atoms with Crippen LogP contribution in [0.2, 0.25) is 0 Å². The number of aromatic nitrogens is 1. The fourth-order valence-electron chi connectivity index (χ4n) is 1.63. The van der Waals surface area contributed by atoms with E-state index in [4.69, 9.17) is 15.7 Å². The number of pyridine rings is 1. The van der Waals surface area contributed by atoms with Gasteiger partial charge in [0.25, 0.3) is 0 Å². The zero-order chi connectivity index (χ0) is 14.7. The first kappa shape index (κ1) is 13.7. The number of rotatable bonds is 3. The second-order valence-electron chi connectivity index (χ2n) is 3.97. The van der Waals surface area contributed by atoms with Crippen LogP contribution in [0, 0.1) is 18.6 Å². The topological polar surface area (TPSA) is 80.7 Å². The molecule has 1 aromatic carbocycles. The molecule has 1 aromatic heterocycles. The number of amidine groups is 1. The van der Waals surface area contributed by atoms with Crippen molar-refractivity contribution in [2.24, 2.45) is 10.9 Å². The Labute approximate surface area is 113 Å². The molecule has 7 heteroatoms. The molecule has 104 valence electrons. The quantitative estimate of drug-likeness (QED) is 0.391. The standard InChI is InChI=1S/C13H11F2N3O2/c1-7-4-5-17-13(11(7)12(16)18-19)20-10-3-2-8(14)6-9(10)15/h2-6,19H,1H3,(H2,16,18). The predicted molar refractivity (Wildman–Crippen MR) is 67.9 cm³/mol. The normalized spacial score (nSPS) is 11.4. The van der Waals surface area contributed by atoms with Gasteiger partial charge < -0.3 is 15.7 Å². The molecule has 2 aromatic rings. The second kappa shape index (κ2) is 5.52. The lowest BCUT2D eigenvalue weighted by Crippen LogP contribution is -2.16. The van der Waals surface area contributed by atoms with E-state index in [0.29, 0.717) is 11.6 Å². The van der Waals surface area contributed by atoms with Crippen LogP contribution in [0.5, 0.6) is 11.6 Å². The van der Waals surface area contributed by atoms with Crippen molar-refractivity contribution in [3.05, 3.63) is 53.2 Å². The number of halogens is 2. The average Bonchev–Trinajstić information content (AvgIpc) is 2.41. The number of ether oxygens (including phenoxy) is 1. The van der Waals surface area contributed by atoms with Gasteiger partial charge in [-0.05, 0) is 30.7 Å². The number of nitrogens with two attached hydrogens (primary N) is 1. The Kier molecular flexibility index (Phi) is 3.79. The Morgan fingerprint density at radius 3 is 2.75 bits per heavy atom. The fraction of sp³-hybridized carbons (Fsp3) is 0.0769. The van der Waals surface area contributed by atoms with E-state index in [2.05, 4.69) is 10.1 Å². The summed E-state index contributed by atoms with van der Waals surface area (Å²) in [5.74, 6) is -2.06. The van der Waals surface area contributed by atoms with E-state index >= 15 is 0 Å². The minimum Gasteiger partial charge on any atom is -0.435 e. The van der Waals surface area contributed by atoms with Crippen LogP contribution in [-0.4, -0.2) is 16.0 Å². The lowest BCUT2D eigenvalue weighted by atomic mass is 10.1. The number of hydrogen-bond acceptors (Lipinski definition) is 4. The van der Waals surface area contributed by atoms with Gasteiger partial charge in [-0.2, -0.15) is 0 Å². The van der Waals surface area contributed by atoms with Gasteiger partial charge in [0.05, 0.1) is 5.56 Å². The van der Waals surface area contributed by atoms with Gasteiger partial charge in [-0.25, -0.2) is 13.8 Å². The first-order valence-electron chi connectivity index (χ1n) is 5.59. The summed E-state index contributed by atoms with van der Waals surface area (Å²) >= 11 is 0. The molecule has 0 amide bonds. The first-order valence-corrected chi connectivity index (χ1v) is 5.59. The number of aryl methyl sites for hydroxylation is 1. The minimum atomic E-state index is -0.876. The van der Waals surface area contributed by atoms with Gasteiger partial charge >= 0.3 is 0 Å². The van der Waals surface area contributed by atoms with Crippen LogP contribution in [0.3, 0.4) is 0 Å². The van der Waals surface area contributed by atoms with E-state index in [1.807, 2.05) is 0 Å². The zero-order valence-electron chi connectivity index (χ0n) is 10.5. The van der Waals surface area contributed by atoms with Crippen molar-refractivity contribution >= 4 is 5.84 Å². The molecular weight excluding hydrogens is 268 g/mol. The smallest absolute Gasteiger partial charge is 0.230 e. The summed E-state index contributed by atoms with van der Waals surface area (Å²) in [5, 5.41) is 11.6. The van der Waals surface area contributed by atoms with E-state index in [1.165, 1.54) is 6.20 Å². The second-order valence-corrected chi connectivity index (χ2v) is 3.97. The molecule has 0 atom stereocenters. The largest absolute Gasteiger partial charge is 0.435 e. The van der Waals surface area contributed by atoms with E-state index in [9.17, 15) is 8.78 Å². The Morgan fingerprint density at radius 1 is 1.35 bits per heavy atom. The van der Waals surface area contributed by atoms with Gasteiger partial charge in [0.2, 0.25) is 5.88 Å². The van der Waals surface area contributed by atoms with Gasteiger partial charge in [0.1, 0.15) is 5.82 Å². The predicted octanol–water partition coefficient (Wildman–Crippen LogP) is 2.56. The molecule has 0 aliphatic carbocycles. The summed E-state index contributed by atoms with van der Waals surface area (Å²) in [4.78, 5) is 3.91. The number of nitrogens with zero attached hydrogens (tertiary/aromatic N) is 2. The van der Waals surface area contributed by atoms with Crippen LogP contribution < -0.4 is 10.5 Å². The summed E-state index contributed by atoms with van der Waals surface area (Å²) in [5.41, 5.74) is 6.41. The van der Waals surface area contributed by atoms with Gasteiger partial charge in [0, 0.05) is 12.3 Å². The molecule has 0 bridgehead atoms. The number of hydrogen-bond donors (Lipinski definition) is 2. The Bertz CT molecular complexity index is 675. The third-order valence-electron chi connectivity index (χ3n) is 2.59. The van der Waals surface area contributed by atoms with E-state index in [0.717, 1.165) is 12.1 Å². The Morgan fingerprint density at radius 2 is 2.10 bits per heavy atom. The first-order chi connectivity index (χ1) is 9.52. The lowest BCUT2D eigenvalue weighted by Gasteiger charge is -2.11. The van der Waals surface area contributed by atoms with Crippen LogP contribution in [0.15, 0.2) is 35.6 Å². The van der Waals surface area contributed by atoms with Crippen LogP contribution in [-0.2, 0) is 0 Å². The summed E-state index contributed by atoms with van der Waals surface area (Å²) in [6.45, 7) is 1.70. The monoisotopic (exact) mass is 279 g/mol. The van der Waals surface area contributed by atoms with Gasteiger partial charge in [-0.15, -0.1) is 0 Å². The van der Waals surface area contributed by atoms with Gasteiger partial charge in [0.15, 0.2) is 17.4 Å². The van der Waals surface area contributed by atoms with Gasteiger partial charge in [-0.3, -0.25) is 0 Å². The molecule has 5 nitrogen and oxygen atoms in total. The molecule has 20 heavy (non-hydrogen) atoms.